The van der Waals surface area contributed by atoms with Crippen molar-refractivity contribution in [3.63, 3.8) is 0 Å². The van der Waals surface area contributed by atoms with Crippen LogP contribution in [0.2, 0.25) is 0 Å². The Bertz CT molecular complexity index is 717. The Morgan fingerprint density at radius 3 is 2.70 bits per heavy atom. The number of hydrogen-bond acceptors (Lipinski definition) is 3. The van der Waals surface area contributed by atoms with Gasteiger partial charge in [-0.2, -0.15) is 0 Å². The van der Waals surface area contributed by atoms with Crippen LogP contribution >= 0.6 is 0 Å². The molecule has 1 fully saturated rings. The van der Waals surface area contributed by atoms with Gasteiger partial charge in [0, 0.05) is 10.9 Å². The topological polar surface area (TPSA) is 59.3 Å². The van der Waals surface area contributed by atoms with E-state index in [1.807, 2.05) is 31.2 Å². The van der Waals surface area contributed by atoms with E-state index in [1.165, 1.54) is 12.8 Å². The summed E-state index contributed by atoms with van der Waals surface area (Å²) < 4.78 is 18.0. The van der Waals surface area contributed by atoms with Gasteiger partial charge in [0.15, 0.2) is 5.76 Å². The largest absolute Gasteiger partial charge is 0.455 e. The third kappa shape index (κ3) is 3.91. The molecule has 1 N–H and O–H groups in total. The summed E-state index contributed by atoms with van der Waals surface area (Å²) in [7, 11) is -1.18. The Labute approximate surface area is 138 Å². The van der Waals surface area contributed by atoms with Crippen molar-refractivity contribution in [2.75, 3.05) is 0 Å². The number of nitrogens with one attached hydrogen (secondary N) is 1. The van der Waals surface area contributed by atoms with E-state index in [4.69, 9.17) is 4.42 Å². The molecule has 5 heteroatoms. The maximum absolute atomic E-state index is 12.4. The first-order valence-corrected chi connectivity index (χ1v) is 9.29. The second-order valence-corrected chi connectivity index (χ2v) is 7.40. The van der Waals surface area contributed by atoms with Gasteiger partial charge in [0.25, 0.3) is 5.91 Å². The normalized spacial score (nSPS) is 16.4. The van der Waals surface area contributed by atoms with E-state index in [-0.39, 0.29) is 17.7 Å². The van der Waals surface area contributed by atoms with E-state index in [1.54, 1.807) is 12.1 Å². The summed E-state index contributed by atoms with van der Waals surface area (Å²) in [5.41, 5.74) is 0.997. The second kappa shape index (κ2) is 7.13. The van der Waals surface area contributed by atoms with Crippen LogP contribution in [0.25, 0.3) is 0 Å². The highest BCUT2D eigenvalue weighted by Crippen LogP contribution is 2.20. The van der Waals surface area contributed by atoms with E-state index >= 15 is 0 Å². The van der Waals surface area contributed by atoms with Crippen LogP contribution in [-0.4, -0.2) is 16.2 Å². The Morgan fingerprint density at radius 2 is 1.96 bits per heavy atom. The number of carbonyl (C=O) groups excluding carboxylic acids is 1. The molecule has 0 saturated heterocycles. The summed E-state index contributed by atoms with van der Waals surface area (Å²) in [5, 5.41) is 2.99. The molecule has 1 aliphatic rings. The smallest absolute Gasteiger partial charge is 0.287 e. The molecule has 0 spiro atoms. The quantitative estimate of drug-likeness (QED) is 0.911. The molecular weight excluding hydrogens is 310 g/mol. The maximum atomic E-state index is 12.4. The zero-order valence-corrected chi connectivity index (χ0v) is 14.0. The van der Waals surface area contributed by atoms with Gasteiger partial charge in [0.2, 0.25) is 0 Å². The van der Waals surface area contributed by atoms with Crippen LogP contribution in [0.15, 0.2) is 45.7 Å². The summed E-state index contributed by atoms with van der Waals surface area (Å²) in [6.45, 7) is 1.94. The maximum Gasteiger partial charge on any atom is 0.287 e. The minimum Gasteiger partial charge on any atom is -0.455 e. The van der Waals surface area contributed by atoms with Crippen LogP contribution in [0.5, 0.6) is 0 Å². The van der Waals surface area contributed by atoms with Crippen LogP contribution < -0.4 is 5.32 Å². The molecule has 1 aromatic heterocycles. The average molecular weight is 331 g/mol. The average Bonchev–Trinajstić information content (AvgIpc) is 3.19. The molecule has 0 bridgehead atoms. The third-order valence-corrected chi connectivity index (χ3v) is 5.68. The van der Waals surface area contributed by atoms with Gasteiger partial charge in [0.05, 0.1) is 16.6 Å². The molecule has 4 nitrogen and oxygen atoms in total. The third-order valence-electron chi connectivity index (χ3n) is 4.19. The molecular formula is C18H21NO3S. The molecule has 2 aromatic rings. The fraction of sp³-hybridized carbons (Fsp3) is 0.389. The Morgan fingerprint density at radius 1 is 1.22 bits per heavy atom. The van der Waals surface area contributed by atoms with Gasteiger partial charge in [-0.1, -0.05) is 31.0 Å². The molecule has 1 amide bonds. The number of hydrogen-bond donors (Lipinski definition) is 1. The van der Waals surface area contributed by atoms with Gasteiger partial charge in [-0.15, -0.1) is 0 Å². The predicted molar refractivity (Wildman–Crippen MR) is 89.7 cm³/mol. The molecule has 1 aromatic carbocycles. The van der Waals surface area contributed by atoms with Crippen molar-refractivity contribution in [3.05, 3.63) is 53.5 Å². The number of aryl methyl sites for hydroxylation is 1. The second-order valence-electron chi connectivity index (χ2n) is 5.98. The highest BCUT2D eigenvalue weighted by molar-refractivity contribution is 7.84. The Balaban J connectivity index is 1.64. The van der Waals surface area contributed by atoms with Crippen molar-refractivity contribution in [2.45, 2.75) is 49.3 Å². The van der Waals surface area contributed by atoms with Crippen LogP contribution in [0.4, 0.5) is 0 Å². The van der Waals surface area contributed by atoms with Gasteiger partial charge in [-0.05, 0) is 43.5 Å². The molecule has 0 unspecified atom stereocenters. The first kappa shape index (κ1) is 16.0. The zero-order valence-electron chi connectivity index (χ0n) is 13.2. The fourth-order valence-corrected chi connectivity index (χ4v) is 4.15. The van der Waals surface area contributed by atoms with E-state index in [0.29, 0.717) is 11.5 Å². The number of amides is 1. The molecule has 0 radical (unpaired) electrons. The Kier molecular flexibility index (Phi) is 4.96. The predicted octanol–water partition coefficient (Wildman–Crippen LogP) is 3.57. The fourth-order valence-electron chi connectivity index (χ4n) is 2.92. The van der Waals surface area contributed by atoms with Crippen molar-refractivity contribution in [2.24, 2.45) is 0 Å². The summed E-state index contributed by atoms with van der Waals surface area (Å²) in [6, 6.07) is 11.3. The molecule has 23 heavy (non-hydrogen) atoms. The van der Waals surface area contributed by atoms with E-state index in [0.717, 1.165) is 23.3 Å². The number of carbonyl (C=O) groups is 1. The number of furan rings is 1. The number of benzene rings is 1. The van der Waals surface area contributed by atoms with Gasteiger partial charge >= 0.3 is 0 Å². The van der Waals surface area contributed by atoms with Gasteiger partial charge in [0.1, 0.15) is 5.76 Å². The lowest BCUT2D eigenvalue weighted by atomic mass is 10.2. The molecule has 0 aliphatic heterocycles. The van der Waals surface area contributed by atoms with Crippen molar-refractivity contribution < 1.29 is 13.4 Å². The zero-order chi connectivity index (χ0) is 16.2. The van der Waals surface area contributed by atoms with Crippen molar-refractivity contribution in [1.82, 2.24) is 5.32 Å². The number of rotatable bonds is 5. The van der Waals surface area contributed by atoms with Crippen LogP contribution in [0.1, 0.15) is 47.6 Å². The highest BCUT2D eigenvalue weighted by Gasteiger charge is 2.20. The van der Waals surface area contributed by atoms with Crippen molar-refractivity contribution >= 4 is 16.7 Å². The molecule has 1 aliphatic carbocycles. The van der Waals surface area contributed by atoms with Crippen molar-refractivity contribution in [3.8, 4) is 0 Å². The molecule has 3 rings (SSSR count). The van der Waals surface area contributed by atoms with Crippen molar-refractivity contribution in [1.29, 1.82) is 0 Å². The molecule has 1 atom stereocenters. The Hall–Kier alpha value is -1.88. The standard InChI is InChI=1S/C18H21NO3S/c1-13-6-2-5-9-17(13)23(21)12-15-10-11-16(22-15)18(20)19-14-7-3-4-8-14/h2,5-6,9-11,14H,3-4,7-8,12H2,1H3,(H,19,20)/t23-/m1/s1. The lowest BCUT2D eigenvalue weighted by Crippen LogP contribution is -2.32. The first-order valence-electron chi connectivity index (χ1n) is 7.97. The summed E-state index contributed by atoms with van der Waals surface area (Å²) in [5.74, 6) is 0.975. The minimum absolute atomic E-state index is 0.176. The summed E-state index contributed by atoms with van der Waals surface area (Å²) in [6.07, 6.45) is 4.42. The van der Waals surface area contributed by atoms with Gasteiger partial charge in [-0.25, -0.2) is 0 Å². The highest BCUT2D eigenvalue weighted by atomic mass is 32.2. The summed E-state index contributed by atoms with van der Waals surface area (Å²) in [4.78, 5) is 12.9. The van der Waals surface area contributed by atoms with Gasteiger partial charge in [-0.3, -0.25) is 9.00 Å². The van der Waals surface area contributed by atoms with E-state index < -0.39 is 10.8 Å². The SMILES string of the molecule is Cc1ccccc1[S@](=O)Cc1ccc(C(=O)NC2CCCC2)o1. The van der Waals surface area contributed by atoms with Gasteiger partial charge < -0.3 is 9.73 Å². The lowest BCUT2D eigenvalue weighted by molar-refractivity contribution is 0.0908. The van der Waals surface area contributed by atoms with Crippen LogP contribution in [0.3, 0.4) is 0 Å². The van der Waals surface area contributed by atoms with Crippen LogP contribution in [-0.2, 0) is 16.6 Å². The lowest BCUT2D eigenvalue weighted by Gasteiger charge is -2.09. The minimum atomic E-state index is -1.18. The van der Waals surface area contributed by atoms with E-state index in [9.17, 15) is 9.00 Å². The molecule has 1 heterocycles. The molecule has 1 saturated carbocycles. The van der Waals surface area contributed by atoms with Crippen LogP contribution in [0, 0.1) is 6.92 Å². The first-order chi connectivity index (χ1) is 11.1. The summed E-state index contributed by atoms with van der Waals surface area (Å²) >= 11 is 0. The molecule has 122 valence electrons. The monoisotopic (exact) mass is 331 g/mol. The van der Waals surface area contributed by atoms with E-state index in [2.05, 4.69) is 5.32 Å².